The Kier molecular flexibility index (Phi) is 10.5. The molecule has 0 spiro atoms. The highest BCUT2D eigenvalue weighted by molar-refractivity contribution is 5.99. The Morgan fingerprint density at radius 1 is 1.00 bits per heavy atom. The first-order chi connectivity index (χ1) is 20.3. The molecule has 3 N–H and O–H groups in total. The van der Waals surface area contributed by atoms with E-state index in [0.717, 1.165) is 0 Å². The number of rotatable bonds is 10. The molecule has 4 amide bonds. The van der Waals surface area contributed by atoms with E-state index in [1.165, 1.54) is 15.9 Å². The van der Waals surface area contributed by atoms with Gasteiger partial charge in [-0.05, 0) is 25.5 Å². The first-order valence-corrected chi connectivity index (χ1v) is 14.0. The number of hydrogen-bond acceptors (Lipinski definition) is 9. The van der Waals surface area contributed by atoms with E-state index in [0.29, 0.717) is 37.1 Å². The summed E-state index contributed by atoms with van der Waals surface area (Å²) in [5.74, 6) is -2.13. The molecule has 42 heavy (non-hydrogen) atoms. The highest BCUT2D eigenvalue weighted by Gasteiger charge is 2.31. The van der Waals surface area contributed by atoms with Crippen molar-refractivity contribution < 1.29 is 38.6 Å². The molecule has 2 aromatic rings. The van der Waals surface area contributed by atoms with Crippen molar-refractivity contribution in [1.29, 1.82) is 0 Å². The van der Waals surface area contributed by atoms with Crippen LogP contribution in [0.25, 0.3) is 10.9 Å². The third-order valence-electron chi connectivity index (χ3n) is 7.10. The van der Waals surface area contributed by atoms with Gasteiger partial charge in [-0.15, -0.1) is 0 Å². The van der Waals surface area contributed by atoms with Gasteiger partial charge in [-0.25, -0.2) is 9.78 Å². The minimum absolute atomic E-state index is 0.0430. The van der Waals surface area contributed by atoms with Gasteiger partial charge in [0.2, 0.25) is 5.91 Å². The number of carboxylic acids is 1. The lowest BCUT2D eigenvalue weighted by Gasteiger charge is -2.35. The number of nitrogens with zero attached hydrogens (tertiary/aromatic N) is 4. The monoisotopic (exact) mass is 584 g/mol. The molecule has 1 atom stereocenters. The Morgan fingerprint density at radius 2 is 1.69 bits per heavy atom. The Labute approximate surface area is 242 Å². The van der Waals surface area contributed by atoms with Crippen LogP contribution in [0.5, 0.6) is 5.75 Å². The fraction of sp³-hybridized carbons (Fsp3) is 0.500. The quantitative estimate of drug-likeness (QED) is 0.353. The number of benzene rings is 1. The fourth-order valence-electron chi connectivity index (χ4n) is 4.83. The van der Waals surface area contributed by atoms with Gasteiger partial charge >= 0.3 is 12.1 Å². The summed E-state index contributed by atoms with van der Waals surface area (Å²) in [7, 11) is 0. The van der Waals surface area contributed by atoms with Crippen molar-refractivity contribution in [2.75, 3.05) is 65.6 Å². The summed E-state index contributed by atoms with van der Waals surface area (Å²) in [6, 6.07) is 7.30. The van der Waals surface area contributed by atoms with E-state index in [4.69, 9.17) is 9.47 Å². The van der Waals surface area contributed by atoms with Crippen molar-refractivity contribution >= 4 is 40.7 Å². The molecule has 1 aromatic carbocycles. The average Bonchev–Trinajstić information content (AvgIpc) is 3.01. The van der Waals surface area contributed by atoms with Gasteiger partial charge in [-0.1, -0.05) is 12.1 Å². The van der Waals surface area contributed by atoms with Crippen molar-refractivity contribution in [2.24, 2.45) is 0 Å². The van der Waals surface area contributed by atoms with Crippen LogP contribution in [0, 0.1) is 0 Å². The maximum absolute atomic E-state index is 13.4. The number of carbonyl (C=O) groups is 5. The van der Waals surface area contributed by atoms with E-state index in [1.54, 1.807) is 36.1 Å². The predicted molar refractivity (Wildman–Crippen MR) is 150 cm³/mol. The summed E-state index contributed by atoms with van der Waals surface area (Å²) < 4.78 is 10.9. The Balaban J connectivity index is 1.48. The van der Waals surface area contributed by atoms with Gasteiger partial charge < -0.3 is 39.9 Å². The van der Waals surface area contributed by atoms with Gasteiger partial charge in [0.05, 0.1) is 12.1 Å². The topological polar surface area (TPSA) is 171 Å². The normalized spacial score (nSPS) is 16.1. The van der Waals surface area contributed by atoms with Crippen LogP contribution < -0.4 is 15.4 Å². The Bertz CT molecular complexity index is 1310. The largest absolute Gasteiger partial charge is 0.483 e. The standard InChI is InChI=1S/C28H36N6O8/c1-2-41-28(40)34-15-13-33(14-16-34)27(39)21(7-8-25(36)37)31-26(38)22-17-23(19-5-3-4-6-20(19)30-22)42-18-24(35)32-11-9-29-10-12-32/h3-6,17,21,29H,2,7-16,18H2,1H3,(H,31,38)(H,36,37)/t21-/m0/s1. The summed E-state index contributed by atoms with van der Waals surface area (Å²) in [4.78, 5) is 71.9. The lowest BCUT2D eigenvalue weighted by Crippen LogP contribution is -2.56. The van der Waals surface area contributed by atoms with Crippen molar-refractivity contribution in [3.8, 4) is 5.75 Å². The number of carboxylic acid groups (broad SMARTS) is 1. The first kappa shape index (κ1) is 30.5. The van der Waals surface area contributed by atoms with E-state index in [1.807, 2.05) is 0 Å². The number of pyridine rings is 1. The molecular formula is C28H36N6O8. The van der Waals surface area contributed by atoms with E-state index in [9.17, 15) is 29.1 Å². The molecular weight excluding hydrogens is 548 g/mol. The lowest BCUT2D eigenvalue weighted by molar-refractivity contribution is -0.138. The second kappa shape index (κ2) is 14.4. The number of aromatic nitrogens is 1. The molecule has 0 bridgehead atoms. The molecule has 226 valence electrons. The molecule has 0 unspecified atom stereocenters. The van der Waals surface area contributed by atoms with Crippen molar-refractivity contribution in [1.82, 2.24) is 30.3 Å². The van der Waals surface area contributed by atoms with Crippen LogP contribution in [0.2, 0.25) is 0 Å². The van der Waals surface area contributed by atoms with Crippen molar-refractivity contribution in [3.63, 3.8) is 0 Å². The average molecular weight is 585 g/mol. The first-order valence-electron chi connectivity index (χ1n) is 14.0. The number of nitrogens with one attached hydrogen (secondary N) is 2. The van der Waals surface area contributed by atoms with Crippen LogP contribution in [-0.4, -0.2) is 126 Å². The number of para-hydroxylation sites is 1. The molecule has 2 aliphatic heterocycles. The molecule has 14 heteroatoms. The van der Waals surface area contributed by atoms with Crippen LogP contribution in [0.4, 0.5) is 4.79 Å². The molecule has 2 aliphatic rings. The van der Waals surface area contributed by atoms with E-state index in [2.05, 4.69) is 15.6 Å². The molecule has 2 saturated heterocycles. The second-order valence-electron chi connectivity index (χ2n) is 9.91. The number of hydrogen-bond donors (Lipinski definition) is 3. The molecule has 2 fully saturated rings. The van der Waals surface area contributed by atoms with Gasteiger partial charge in [-0.2, -0.15) is 0 Å². The molecule has 0 saturated carbocycles. The second-order valence-corrected chi connectivity index (χ2v) is 9.91. The summed E-state index contributed by atoms with van der Waals surface area (Å²) >= 11 is 0. The third kappa shape index (κ3) is 7.84. The zero-order valence-corrected chi connectivity index (χ0v) is 23.5. The summed E-state index contributed by atoms with van der Waals surface area (Å²) in [5.41, 5.74) is 0.414. The highest BCUT2D eigenvalue weighted by Crippen LogP contribution is 2.26. The molecule has 1 aromatic heterocycles. The minimum atomic E-state index is -1.13. The highest BCUT2D eigenvalue weighted by atomic mass is 16.6. The molecule has 0 radical (unpaired) electrons. The Morgan fingerprint density at radius 3 is 2.38 bits per heavy atom. The lowest BCUT2D eigenvalue weighted by atomic mass is 10.1. The predicted octanol–water partition coefficient (Wildman–Crippen LogP) is 0.309. The van der Waals surface area contributed by atoms with E-state index >= 15 is 0 Å². The third-order valence-corrected chi connectivity index (χ3v) is 7.10. The van der Waals surface area contributed by atoms with Crippen LogP contribution in [-0.2, 0) is 19.1 Å². The van der Waals surface area contributed by atoms with Crippen molar-refractivity contribution in [2.45, 2.75) is 25.8 Å². The number of aliphatic carboxylic acids is 1. The molecule has 14 nitrogen and oxygen atoms in total. The van der Waals surface area contributed by atoms with Crippen molar-refractivity contribution in [3.05, 3.63) is 36.0 Å². The number of ether oxygens (including phenoxy) is 2. The van der Waals surface area contributed by atoms with Gasteiger partial charge in [0.15, 0.2) is 6.61 Å². The van der Waals surface area contributed by atoms with Crippen LogP contribution in [0.3, 0.4) is 0 Å². The summed E-state index contributed by atoms with van der Waals surface area (Å²) in [6.45, 7) is 5.24. The number of fused-ring (bicyclic) bond motifs is 1. The number of carbonyl (C=O) groups excluding carboxylic acids is 4. The molecule has 3 heterocycles. The molecule has 4 rings (SSSR count). The minimum Gasteiger partial charge on any atom is -0.483 e. The van der Waals surface area contributed by atoms with Crippen LogP contribution in [0.1, 0.15) is 30.3 Å². The maximum Gasteiger partial charge on any atom is 0.409 e. The number of piperazine rings is 2. The van der Waals surface area contributed by atoms with Crippen LogP contribution >= 0.6 is 0 Å². The van der Waals surface area contributed by atoms with E-state index in [-0.39, 0.29) is 69.6 Å². The zero-order chi connectivity index (χ0) is 30.1. The summed E-state index contributed by atoms with van der Waals surface area (Å²) in [6.07, 6.45) is -0.934. The van der Waals surface area contributed by atoms with Gasteiger partial charge in [0.1, 0.15) is 17.5 Å². The Hall–Kier alpha value is -4.46. The zero-order valence-electron chi connectivity index (χ0n) is 23.5. The SMILES string of the molecule is CCOC(=O)N1CCN(C(=O)[C@H](CCC(=O)O)NC(=O)c2cc(OCC(=O)N3CCNCC3)c3ccccc3n2)CC1. The van der Waals surface area contributed by atoms with Gasteiger partial charge in [0.25, 0.3) is 11.8 Å². The maximum atomic E-state index is 13.4. The number of amides is 4. The smallest absolute Gasteiger partial charge is 0.409 e. The van der Waals surface area contributed by atoms with Crippen LogP contribution in [0.15, 0.2) is 30.3 Å². The van der Waals surface area contributed by atoms with Gasteiger partial charge in [0, 0.05) is 70.2 Å². The fourth-order valence-corrected chi connectivity index (χ4v) is 4.83. The summed E-state index contributed by atoms with van der Waals surface area (Å²) in [5, 5.41) is 15.7. The van der Waals surface area contributed by atoms with Gasteiger partial charge in [-0.3, -0.25) is 19.2 Å². The molecule has 0 aliphatic carbocycles. The van der Waals surface area contributed by atoms with E-state index < -0.39 is 29.9 Å².